The fourth-order valence-corrected chi connectivity index (χ4v) is 3.74. The number of amides is 2. The highest BCUT2D eigenvalue weighted by molar-refractivity contribution is 8.00. The van der Waals surface area contributed by atoms with Gasteiger partial charge in [0, 0.05) is 23.9 Å². The number of halogens is 1. The van der Waals surface area contributed by atoms with Crippen molar-refractivity contribution in [3.8, 4) is 0 Å². The van der Waals surface area contributed by atoms with E-state index >= 15 is 0 Å². The summed E-state index contributed by atoms with van der Waals surface area (Å²) in [4.78, 5) is 25.8. The van der Waals surface area contributed by atoms with Crippen LogP contribution in [0.4, 0.5) is 0 Å². The average Bonchev–Trinajstić information content (AvgIpc) is 2.62. The van der Waals surface area contributed by atoms with Crippen molar-refractivity contribution in [2.75, 3.05) is 25.4 Å². The lowest BCUT2D eigenvalue weighted by atomic mass is 10.1. The van der Waals surface area contributed by atoms with Crippen molar-refractivity contribution in [1.82, 2.24) is 10.2 Å². The number of carbonyl (C=O) groups is 2. The van der Waals surface area contributed by atoms with Gasteiger partial charge in [-0.2, -0.15) is 0 Å². The molecule has 0 aliphatic carbocycles. The van der Waals surface area contributed by atoms with Gasteiger partial charge in [-0.15, -0.1) is 11.8 Å². The predicted octanol–water partition coefficient (Wildman–Crippen LogP) is 1.49. The van der Waals surface area contributed by atoms with Gasteiger partial charge >= 0.3 is 0 Å². The minimum atomic E-state index is -0.371. The molecule has 24 heavy (non-hydrogen) atoms. The summed E-state index contributed by atoms with van der Waals surface area (Å²) in [5, 5.41) is 12.7. The summed E-state index contributed by atoms with van der Waals surface area (Å²) in [5.74, 6) is 0.390. The molecule has 0 saturated carbocycles. The number of carbonyl (C=O) groups excluding carboxylic acids is 2. The van der Waals surface area contributed by atoms with Gasteiger partial charge in [0.2, 0.25) is 11.8 Å². The summed E-state index contributed by atoms with van der Waals surface area (Å²) in [6, 6.07) is 6.93. The molecule has 2 N–H and O–H groups in total. The Morgan fingerprint density at radius 1 is 1.46 bits per heavy atom. The topological polar surface area (TPSA) is 69.6 Å². The van der Waals surface area contributed by atoms with Crippen LogP contribution in [0.5, 0.6) is 0 Å². The van der Waals surface area contributed by atoms with Crippen molar-refractivity contribution < 1.29 is 14.7 Å². The fraction of sp³-hybridized carbons (Fsp3) is 0.412. The second-order valence-electron chi connectivity index (χ2n) is 5.57. The molecule has 1 aliphatic rings. The molecule has 1 saturated heterocycles. The van der Waals surface area contributed by atoms with Gasteiger partial charge in [0.25, 0.3) is 0 Å². The van der Waals surface area contributed by atoms with Crippen LogP contribution in [0.15, 0.2) is 36.9 Å². The summed E-state index contributed by atoms with van der Waals surface area (Å²) >= 11 is 7.38. The zero-order valence-corrected chi connectivity index (χ0v) is 14.9. The molecular formula is C17H21ClN2O3S. The van der Waals surface area contributed by atoms with Gasteiger partial charge < -0.3 is 15.3 Å². The Hall–Kier alpha value is -1.50. The number of hydrogen-bond donors (Lipinski definition) is 2. The lowest BCUT2D eigenvalue weighted by Gasteiger charge is -2.31. The second kappa shape index (κ2) is 9.11. The quantitative estimate of drug-likeness (QED) is 0.746. The molecule has 2 amide bonds. The van der Waals surface area contributed by atoms with Gasteiger partial charge in [0.15, 0.2) is 0 Å². The molecule has 1 fully saturated rings. The van der Waals surface area contributed by atoms with E-state index in [1.54, 1.807) is 17.0 Å². The SMILES string of the molecule is C=CC(=O)N1CCSC(C(=O)NC(CO)Cc2ccc(Cl)cc2)C1. The second-order valence-corrected chi connectivity index (χ2v) is 7.31. The monoisotopic (exact) mass is 368 g/mol. The van der Waals surface area contributed by atoms with Gasteiger partial charge in [-0.25, -0.2) is 0 Å². The normalized spacial score (nSPS) is 18.8. The largest absolute Gasteiger partial charge is 0.394 e. The Morgan fingerprint density at radius 2 is 2.17 bits per heavy atom. The molecule has 0 radical (unpaired) electrons. The summed E-state index contributed by atoms with van der Waals surface area (Å²) in [6.07, 6.45) is 1.79. The maximum absolute atomic E-state index is 12.4. The Kier molecular flexibility index (Phi) is 7.15. The molecule has 1 aliphatic heterocycles. The van der Waals surface area contributed by atoms with Crippen molar-refractivity contribution in [2.24, 2.45) is 0 Å². The van der Waals surface area contributed by atoms with Gasteiger partial charge in [0.1, 0.15) is 5.25 Å². The van der Waals surface area contributed by atoms with Crippen molar-refractivity contribution in [3.05, 3.63) is 47.5 Å². The van der Waals surface area contributed by atoms with Crippen LogP contribution in [0.1, 0.15) is 5.56 Å². The first kappa shape index (κ1) is 18.8. The zero-order chi connectivity index (χ0) is 17.5. The Labute approximate surface area is 151 Å². The van der Waals surface area contributed by atoms with Crippen molar-refractivity contribution in [3.63, 3.8) is 0 Å². The molecule has 1 aromatic carbocycles. The molecule has 0 bridgehead atoms. The smallest absolute Gasteiger partial charge is 0.246 e. The van der Waals surface area contributed by atoms with Crippen LogP contribution in [-0.4, -0.2) is 58.6 Å². The van der Waals surface area contributed by atoms with E-state index in [1.165, 1.54) is 17.8 Å². The van der Waals surface area contributed by atoms with E-state index in [0.717, 1.165) is 5.56 Å². The number of benzene rings is 1. The van der Waals surface area contributed by atoms with E-state index in [2.05, 4.69) is 11.9 Å². The highest BCUT2D eigenvalue weighted by Gasteiger charge is 2.29. The third kappa shape index (κ3) is 5.26. The lowest BCUT2D eigenvalue weighted by molar-refractivity contribution is -0.127. The van der Waals surface area contributed by atoms with Crippen LogP contribution in [0.25, 0.3) is 0 Å². The molecule has 2 unspecified atom stereocenters. The summed E-state index contributed by atoms with van der Waals surface area (Å²) in [5.41, 5.74) is 0.985. The molecule has 1 aromatic rings. The van der Waals surface area contributed by atoms with Gasteiger partial charge in [-0.1, -0.05) is 30.3 Å². The number of hydrogen-bond acceptors (Lipinski definition) is 4. The molecule has 1 heterocycles. The predicted molar refractivity (Wildman–Crippen MR) is 97.2 cm³/mol. The number of nitrogens with one attached hydrogen (secondary N) is 1. The first-order valence-electron chi connectivity index (χ1n) is 7.72. The maximum Gasteiger partial charge on any atom is 0.246 e. The molecule has 0 spiro atoms. The molecule has 5 nitrogen and oxygen atoms in total. The van der Waals surface area contributed by atoms with E-state index < -0.39 is 0 Å². The summed E-state index contributed by atoms with van der Waals surface area (Å²) in [6.45, 7) is 4.31. The van der Waals surface area contributed by atoms with Crippen molar-refractivity contribution in [2.45, 2.75) is 17.7 Å². The average molecular weight is 369 g/mol. The van der Waals surface area contributed by atoms with E-state index in [9.17, 15) is 14.7 Å². The number of thioether (sulfide) groups is 1. The number of nitrogens with zero attached hydrogens (tertiary/aromatic N) is 1. The molecule has 7 heteroatoms. The third-order valence-electron chi connectivity index (χ3n) is 3.81. The highest BCUT2D eigenvalue weighted by Crippen LogP contribution is 2.19. The highest BCUT2D eigenvalue weighted by atomic mass is 35.5. The van der Waals surface area contributed by atoms with Crippen LogP contribution in [-0.2, 0) is 16.0 Å². The van der Waals surface area contributed by atoms with Gasteiger partial charge in [-0.3, -0.25) is 9.59 Å². The first-order valence-corrected chi connectivity index (χ1v) is 9.14. The summed E-state index contributed by atoms with van der Waals surface area (Å²) in [7, 11) is 0. The Balaban J connectivity index is 1.92. The fourth-order valence-electron chi connectivity index (χ4n) is 2.50. The first-order chi connectivity index (χ1) is 11.5. The van der Waals surface area contributed by atoms with Gasteiger partial charge in [0.05, 0.1) is 12.6 Å². The van der Waals surface area contributed by atoms with E-state index in [4.69, 9.17) is 11.6 Å². The lowest BCUT2D eigenvalue weighted by Crippen LogP contribution is -2.50. The molecule has 130 valence electrons. The van der Waals surface area contributed by atoms with Crippen molar-refractivity contribution >= 4 is 35.2 Å². The zero-order valence-electron chi connectivity index (χ0n) is 13.3. The minimum absolute atomic E-state index is 0.152. The van der Waals surface area contributed by atoms with E-state index in [-0.39, 0.29) is 29.7 Å². The third-order valence-corrected chi connectivity index (χ3v) is 5.24. The molecule has 0 aromatic heterocycles. The number of rotatable bonds is 6. The molecule has 2 rings (SSSR count). The van der Waals surface area contributed by atoms with Crippen LogP contribution in [0, 0.1) is 0 Å². The molecule has 2 atom stereocenters. The van der Waals surface area contributed by atoms with Crippen molar-refractivity contribution in [1.29, 1.82) is 0 Å². The van der Waals surface area contributed by atoms with Crippen LogP contribution >= 0.6 is 23.4 Å². The Morgan fingerprint density at radius 3 is 2.79 bits per heavy atom. The minimum Gasteiger partial charge on any atom is -0.394 e. The number of aliphatic hydroxyl groups excluding tert-OH is 1. The van der Waals surface area contributed by atoms with Crippen LogP contribution in [0.3, 0.4) is 0 Å². The standard InChI is InChI=1S/C17H21ClN2O3S/c1-2-16(22)20-7-8-24-15(10-20)17(23)19-14(11-21)9-12-3-5-13(18)6-4-12/h2-6,14-15,21H,1,7-11H2,(H,19,23). The van der Waals surface area contributed by atoms with Crippen LogP contribution in [0.2, 0.25) is 5.02 Å². The van der Waals surface area contributed by atoms with E-state index in [1.807, 2.05) is 12.1 Å². The maximum atomic E-state index is 12.4. The summed E-state index contributed by atoms with van der Waals surface area (Å²) < 4.78 is 0. The van der Waals surface area contributed by atoms with E-state index in [0.29, 0.717) is 30.3 Å². The number of aliphatic hydroxyl groups is 1. The Bertz CT molecular complexity index is 594. The molecular weight excluding hydrogens is 348 g/mol. The van der Waals surface area contributed by atoms with Gasteiger partial charge in [-0.05, 0) is 30.2 Å². The van der Waals surface area contributed by atoms with Crippen LogP contribution < -0.4 is 5.32 Å².